The van der Waals surface area contributed by atoms with Crippen LogP contribution in [0.1, 0.15) is 32.1 Å². The number of carbonyl (C=O) groups is 3. The van der Waals surface area contributed by atoms with Gasteiger partial charge in [-0.05, 0) is 31.8 Å². The van der Waals surface area contributed by atoms with Crippen molar-refractivity contribution in [2.75, 3.05) is 6.54 Å². The molecule has 1 N–H and O–H groups in total. The Labute approximate surface area is 129 Å². The van der Waals surface area contributed by atoms with Gasteiger partial charge in [-0.3, -0.25) is 14.5 Å². The summed E-state index contributed by atoms with van der Waals surface area (Å²) in [6.45, 7) is 0.319. The van der Waals surface area contributed by atoms with E-state index in [0.29, 0.717) is 37.6 Å². The highest BCUT2D eigenvalue weighted by molar-refractivity contribution is 6.21. The predicted molar refractivity (Wildman–Crippen MR) is 81.3 cm³/mol. The maximum atomic E-state index is 12.3. The van der Waals surface area contributed by atoms with E-state index in [2.05, 4.69) is 10.3 Å². The average molecular weight is 301 g/mol. The second-order valence-corrected chi connectivity index (χ2v) is 5.83. The molecule has 0 spiro atoms. The molecule has 22 heavy (non-hydrogen) atoms. The highest BCUT2D eigenvalue weighted by atomic mass is 16.2. The molecule has 116 valence electrons. The molecule has 3 rings (SSSR count). The fraction of sp³-hybridized carbons (Fsp3) is 0.500. The number of fused-ring (bicyclic) bond motifs is 1. The normalized spacial score (nSPS) is 23.4. The highest BCUT2D eigenvalue weighted by Gasteiger charge is 2.35. The van der Waals surface area contributed by atoms with Gasteiger partial charge in [-0.25, -0.2) is 4.79 Å². The van der Waals surface area contributed by atoms with Crippen molar-refractivity contribution in [3.05, 3.63) is 24.3 Å². The molecule has 4 amide bonds. The molecule has 6 nitrogen and oxygen atoms in total. The van der Waals surface area contributed by atoms with Gasteiger partial charge in [0.25, 0.3) is 0 Å². The third-order valence-electron chi connectivity index (χ3n) is 3.97. The number of carbonyl (C=O) groups excluding carboxylic acids is 3. The zero-order valence-corrected chi connectivity index (χ0v) is 12.3. The quantitative estimate of drug-likeness (QED) is 0.756. The first-order valence-corrected chi connectivity index (χ1v) is 7.73. The summed E-state index contributed by atoms with van der Waals surface area (Å²) in [5.41, 5.74) is 0.512. The van der Waals surface area contributed by atoms with Crippen LogP contribution in [-0.4, -0.2) is 41.0 Å². The van der Waals surface area contributed by atoms with E-state index < -0.39 is 11.9 Å². The largest absolute Gasteiger partial charge is 0.353 e. The first-order chi connectivity index (χ1) is 10.6. The van der Waals surface area contributed by atoms with Gasteiger partial charge >= 0.3 is 6.03 Å². The molecular weight excluding hydrogens is 282 g/mol. The maximum Gasteiger partial charge on any atom is 0.350 e. The summed E-state index contributed by atoms with van der Waals surface area (Å²) >= 11 is 0. The molecule has 2 aliphatic carbocycles. The van der Waals surface area contributed by atoms with Crippen LogP contribution in [0.3, 0.4) is 0 Å². The molecule has 3 aliphatic rings. The third kappa shape index (κ3) is 3.32. The van der Waals surface area contributed by atoms with Crippen molar-refractivity contribution in [1.29, 1.82) is 0 Å². The van der Waals surface area contributed by atoms with Crippen LogP contribution in [0.15, 0.2) is 29.3 Å². The molecule has 0 aromatic carbocycles. The van der Waals surface area contributed by atoms with Gasteiger partial charge in [-0.15, -0.1) is 0 Å². The Hall–Kier alpha value is -2.24. The number of nitrogens with zero attached hydrogens (tertiary/aromatic N) is 2. The van der Waals surface area contributed by atoms with Crippen LogP contribution >= 0.6 is 0 Å². The molecule has 1 atom stereocenters. The minimum Gasteiger partial charge on any atom is -0.353 e. The van der Waals surface area contributed by atoms with Crippen molar-refractivity contribution in [3.8, 4) is 0 Å². The Morgan fingerprint density at radius 3 is 2.86 bits per heavy atom. The van der Waals surface area contributed by atoms with E-state index in [1.807, 2.05) is 0 Å². The van der Waals surface area contributed by atoms with E-state index in [9.17, 15) is 14.4 Å². The average Bonchev–Trinajstić information content (AvgIpc) is 3.30. The number of hydrogen-bond donors (Lipinski definition) is 1. The summed E-state index contributed by atoms with van der Waals surface area (Å²) in [6, 6.07) is -0.129. The zero-order valence-electron chi connectivity index (χ0n) is 12.3. The topological polar surface area (TPSA) is 78.8 Å². The number of aliphatic imine (C=N–C) groups is 1. The lowest BCUT2D eigenvalue weighted by atomic mass is 9.95. The van der Waals surface area contributed by atoms with E-state index in [-0.39, 0.29) is 11.8 Å². The van der Waals surface area contributed by atoms with Crippen LogP contribution in [-0.2, 0) is 9.59 Å². The number of urea groups is 1. The lowest BCUT2D eigenvalue weighted by Gasteiger charge is -2.28. The standard InChI is InChI=1S/C16H19N3O3/c20-14(17-11-8-9-11)7-3-4-10-19-15(21)12-5-1-2-6-13(12)18-16(19)22/h1-2,5-6,11-12H,3-4,7-10H2,(H,17,20). The molecule has 0 radical (unpaired) electrons. The predicted octanol–water partition coefficient (Wildman–Crippen LogP) is 1.58. The fourth-order valence-corrected chi connectivity index (χ4v) is 2.57. The lowest BCUT2D eigenvalue weighted by molar-refractivity contribution is -0.129. The van der Waals surface area contributed by atoms with Crippen LogP contribution in [0.2, 0.25) is 0 Å². The molecule has 1 saturated carbocycles. The Kier molecular flexibility index (Phi) is 4.18. The molecule has 1 aliphatic heterocycles. The highest BCUT2D eigenvalue weighted by Crippen LogP contribution is 2.20. The monoisotopic (exact) mass is 301 g/mol. The minimum atomic E-state index is -0.501. The van der Waals surface area contributed by atoms with Crippen molar-refractivity contribution in [2.45, 2.75) is 38.1 Å². The number of amides is 4. The molecule has 0 aromatic rings. The number of nitrogens with one attached hydrogen (secondary N) is 1. The SMILES string of the molecule is O=C(CCCCN1C(=O)N=C2C=CC=CC2C1=O)NC1CC1. The third-order valence-corrected chi connectivity index (χ3v) is 3.97. The van der Waals surface area contributed by atoms with Crippen molar-refractivity contribution in [2.24, 2.45) is 10.9 Å². The fourth-order valence-electron chi connectivity index (χ4n) is 2.57. The van der Waals surface area contributed by atoms with E-state index in [0.717, 1.165) is 12.8 Å². The second kappa shape index (κ2) is 6.25. The Morgan fingerprint density at radius 2 is 2.09 bits per heavy atom. The number of unbranched alkanes of at least 4 members (excludes halogenated alkanes) is 1. The summed E-state index contributed by atoms with van der Waals surface area (Å²) in [4.78, 5) is 41.0. The summed E-state index contributed by atoms with van der Waals surface area (Å²) in [5, 5.41) is 2.92. The minimum absolute atomic E-state index is 0.0551. The molecule has 0 bridgehead atoms. The van der Waals surface area contributed by atoms with Gasteiger partial charge in [0.05, 0.1) is 11.6 Å². The van der Waals surface area contributed by atoms with Gasteiger partial charge in [-0.2, -0.15) is 4.99 Å². The smallest absolute Gasteiger partial charge is 0.350 e. The number of rotatable bonds is 6. The van der Waals surface area contributed by atoms with Gasteiger partial charge in [0.1, 0.15) is 0 Å². The van der Waals surface area contributed by atoms with Crippen LogP contribution in [0.25, 0.3) is 0 Å². The lowest BCUT2D eigenvalue weighted by Crippen LogP contribution is -2.46. The maximum absolute atomic E-state index is 12.3. The molecule has 1 unspecified atom stereocenters. The second-order valence-electron chi connectivity index (χ2n) is 5.83. The molecule has 0 saturated heterocycles. The Morgan fingerprint density at radius 1 is 1.27 bits per heavy atom. The first kappa shape index (κ1) is 14.7. The van der Waals surface area contributed by atoms with Crippen LogP contribution < -0.4 is 5.32 Å². The van der Waals surface area contributed by atoms with E-state index in [1.165, 1.54) is 4.90 Å². The summed E-state index contributed by atoms with van der Waals surface area (Å²) in [7, 11) is 0. The van der Waals surface area contributed by atoms with Crippen molar-refractivity contribution in [3.63, 3.8) is 0 Å². The Balaban J connectivity index is 1.47. The first-order valence-electron chi connectivity index (χ1n) is 7.73. The number of hydrogen-bond acceptors (Lipinski definition) is 3. The van der Waals surface area contributed by atoms with Crippen molar-refractivity contribution < 1.29 is 14.4 Å². The molecule has 6 heteroatoms. The van der Waals surface area contributed by atoms with Crippen LogP contribution in [0.4, 0.5) is 4.79 Å². The van der Waals surface area contributed by atoms with E-state index in [1.54, 1.807) is 24.3 Å². The number of imide groups is 1. The van der Waals surface area contributed by atoms with Gasteiger partial charge in [0.2, 0.25) is 11.8 Å². The van der Waals surface area contributed by atoms with Crippen molar-refractivity contribution in [1.82, 2.24) is 10.2 Å². The summed E-state index contributed by atoms with van der Waals surface area (Å²) in [6.07, 6.45) is 10.9. The Bertz CT molecular complexity index is 587. The summed E-state index contributed by atoms with van der Waals surface area (Å²) in [5.74, 6) is -0.613. The molecule has 1 heterocycles. The molecular formula is C16H19N3O3. The molecule has 1 fully saturated rings. The van der Waals surface area contributed by atoms with Gasteiger partial charge in [0, 0.05) is 19.0 Å². The van der Waals surface area contributed by atoms with Gasteiger partial charge in [-0.1, -0.05) is 18.2 Å². The van der Waals surface area contributed by atoms with E-state index in [4.69, 9.17) is 0 Å². The molecule has 0 aromatic heterocycles. The van der Waals surface area contributed by atoms with Crippen molar-refractivity contribution >= 4 is 23.6 Å². The van der Waals surface area contributed by atoms with Crippen LogP contribution in [0, 0.1) is 5.92 Å². The van der Waals surface area contributed by atoms with Crippen LogP contribution in [0.5, 0.6) is 0 Å². The van der Waals surface area contributed by atoms with Gasteiger partial charge in [0.15, 0.2) is 0 Å². The zero-order chi connectivity index (χ0) is 15.5. The van der Waals surface area contributed by atoms with E-state index >= 15 is 0 Å². The summed E-state index contributed by atoms with van der Waals surface area (Å²) < 4.78 is 0. The van der Waals surface area contributed by atoms with Gasteiger partial charge < -0.3 is 5.32 Å². The number of allylic oxidation sites excluding steroid dienone is 3.